The van der Waals surface area contributed by atoms with Crippen LogP contribution in [0.25, 0.3) is 0 Å². The van der Waals surface area contributed by atoms with Crippen LogP contribution in [0.1, 0.15) is 31.1 Å². The van der Waals surface area contributed by atoms with E-state index in [0.29, 0.717) is 10.8 Å². The summed E-state index contributed by atoms with van der Waals surface area (Å²) >= 11 is 0. The van der Waals surface area contributed by atoms with Gasteiger partial charge in [0.15, 0.2) is 0 Å². The molecule has 0 heterocycles. The quantitative estimate of drug-likeness (QED) is 0.836. The lowest BCUT2D eigenvalue weighted by molar-refractivity contribution is -0.119. The Morgan fingerprint density at radius 1 is 1.30 bits per heavy atom. The minimum absolute atomic E-state index is 0.00449. The van der Waals surface area contributed by atoms with Gasteiger partial charge in [0.2, 0.25) is 5.91 Å². The van der Waals surface area contributed by atoms with Crippen molar-refractivity contribution in [2.75, 3.05) is 5.75 Å². The summed E-state index contributed by atoms with van der Waals surface area (Å²) in [7, 11) is -1.55. The number of carbonyl (C=O) groups is 2. The van der Waals surface area contributed by atoms with Crippen LogP contribution in [0.5, 0.6) is 0 Å². The van der Waals surface area contributed by atoms with E-state index in [-0.39, 0.29) is 23.3 Å². The van der Waals surface area contributed by atoms with Crippen LogP contribution in [-0.4, -0.2) is 33.0 Å². The van der Waals surface area contributed by atoms with Crippen LogP contribution in [-0.2, 0) is 15.6 Å². The van der Waals surface area contributed by atoms with E-state index in [9.17, 15) is 13.8 Å². The lowest BCUT2D eigenvalue weighted by Gasteiger charge is -2.17. The van der Waals surface area contributed by atoms with Crippen molar-refractivity contribution in [3.8, 4) is 0 Å². The zero-order valence-electron chi connectivity index (χ0n) is 11.8. The number of carbonyl (C=O) groups excluding carboxylic acids is 1. The van der Waals surface area contributed by atoms with E-state index in [1.807, 2.05) is 20.8 Å². The van der Waals surface area contributed by atoms with Crippen molar-refractivity contribution in [2.45, 2.75) is 31.7 Å². The first-order valence-corrected chi connectivity index (χ1v) is 7.64. The lowest BCUT2D eigenvalue weighted by atomic mass is 10.1. The van der Waals surface area contributed by atoms with Gasteiger partial charge in [0.1, 0.15) is 5.75 Å². The normalized spacial score (nSPS) is 13.8. The Morgan fingerprint density at radius 3 is 2.50 bits per heavy atom. The molecule has 110 valence electrons. The number of hydrogen-bond acceptors (Lipinski definition) is 3. The molecule has 5 nitrogen and oxygen atoms in total. The highest BCUT2D eigenvalue weighted by molar-refractivity contribution is 7.85. The number of nitrogens with one attached hydrogen (secondary N) is 1. The Bertz CT molecular complexity index is 528. The topological polar surface area (TPSA) is 83.5 Å². The van der Waals surface area contributed by atoms with Crippen LogP contribution in [0.4, 0.5) is 0 Å². The fourth-order valence-corrected chi connectivity index (χ4v) is 2.41. The molecule has 0 fully saturated rings. The molecule has 1 amide bonds. The van der Waals surface area contributed by atoms with Crippen LogP contribution in [0.15, 0.2) is 29.2 Å². The largest absolute Gasteiger partial charge is 0.478 e. The monoisotopic (exact) mass is 297 g/mol. The SMILES string of the molecule is CC(C)C(C)NC(=O)CS(=O)c1cccc(C(=O)O)c1. The van der Waals surface area contributed by atoms with Crippen molar-refractivity contribution < 1.29 is 18.9 Å². The molecule has 0 bridgehead atoms. The Morgan fingerprint density at radius 2 is 1.95 bits per heavy atom. The van der Waals surface area contributed by atoms with Crippen LogP contribution in [0.2, 0.25) is 0 Å². The Hall–Kier alpha value is -1.69. The minimum Gasteiger partial charge on any atom is -0.478 e. The van der Waals surface area contributed by atoms with Gasteiger partial charge in [-0.3, -0.25) is 9.00 Å². The Balaban J connectivity index is 2.69. The predicted molar refractivity (Wildman–Crippen MR) is 77.1 cm³/mol. The van der Waals surface area contributed by atoms with Crippen molar-refractivity contribution in [1.29, 1.82) is 0 Å². The minimum atomic E-state index is -1.55. The number of amides is 1. The second-order valence-electron chi connectivity index (χ2n) is 4.92. The third kappa shape index (κ3) is 4.77. The molecule has 0 radical (unpaired) electrons. The molecular formula is C14H19NO4S. The van der Waals surface area contributed by atoms with Gasteiger partial charge < -0.3 is 10.4 Å². The third-order valence-electron chi connectivity index (χ3n) is 2.99. The summed E-state index contributed by atoms with van der Waals surface area (Å²) in [5, 5.41) is 11.6. The first-order chi connectivity index (χ1) is 9.31. The fourth-order valence-electron chi connectivity index (χ4n) is 1.44. The molecule has 0 saturated heterocycles. The maximum Gasteiger partial charge on any atom is 0.335 e. The highest BCUT2D eigenvalue weighted by atomic mass is 32.2. The molecule has 6 heteroatoms. The van der Waals surface area contributed by atoms with Crippen molar-refractivity contribution in [3.63, 3.8) is 0 Å². The molecule has 2 unspecified atom stereocenters. The Labute approximate surface area is 120 Å². The molecule has 20 heavy (non-hydrogen) atoms. The van der Waals surface area contributed by atoms with Gasteiger partial charge >= 0.3 is 5.97 Å². The number of rotatable bonds is 6. The van der Waals surface area contributed by atoms with E-state index < -0.39 is 16.8 Å². The molecule has 0 aliphatic rings. The van der Waals surface area contributed by atoms with Gasteiger partial charge in [-0.25, -0.2) is 4.79 Å². The van der Waals surface area contributed by atoms with Crippen molar-refractivity contribution in [1.82, 2.24) is 5.32 Å². The highest BCUT2D eigenvalue weighted by Crippen LogP contribution is 2.10. The summed E-state index contributed by atoms with van der Waals surface area (Å²) in [4.78, 5) is 22.9. The van der Waals surface area contributed by atoms with E-state index in [1.54, 1.807) is 6.07 Å². The number of carboxylic acids is 1. The smallest absolute Gasteiger partial charge is 0.335 e. The van der Waals surface area contributed by atoms with Gasteiger partial charge in [-0.2, -0.15) is 0 Å². The van der Waals surface area contributed by atoms with E-state index in [0.717, 1.165) is 0 Å². The molecular weight excluding hydrogens is 278 g/mol. The summed E-state index contributed by atoms with van der Waals surface area (Å²) in [5.74, 6) is -1.25. The summed E-state index contributed by atoms with van der Waals surface area (Å²) < 4.78 is 12.0. The summed E-state index contributed by atoms with van der Waals surface area (Å²) in [6.07, 6.45) is 0. The van der Waals surface area contributed by atoms with Crippen LogP contribution < -0.4 is 5.32 Å². The highest BCUT2D eigenvalue weighted by Gasteiger charge is 2.15. The van der Waals surface area contributed by atoms with Crippen LogP contribution in [0.3, 0.4) is 0 Å². The second-order valence-corrected chi connectivity index (χ2v) is 6.37. The van der Waals surface area contributed by atoms with Crippen molar-refractivity contribution in [2.24, 2.45) is 5.92 Å². The predicted octanol–water partition coefficient (Wildman–Crippen LogP) is 1.65. The van der Waals surface area contributed by atoms with Gasteiger partial charge in [0.25, 0.3) is 0 Å². The number of benzene rings is 1. The summed E-state index contributed by atoms with van der Waals surface area (Å²) in [6.45, 7) is 5.85. The maximum atomic E-state index is 12.0. The molecule has 2 N–H and O–H groups in total. The first-order valence-electron chi connectivity index (χ1n) is 6.32. The van der Waals surface area contributed by atoms with Gasteiger partial charge in [0.05, 0.1) is 16.4 Å². The van der Waals surface area contributed by atoms with Crippen LogP contribution >= 0.6 is 0 Å². The molecule has 0 aliphatic carbocycles. The lowest BCUT2D eigenvalue weighted by Crippen LogP contribution is -2.38. The maximum absolute atomic E-state index is 12.0. The molecule has 0 aliphatic heterocycles. The van der Waals surface area contributed by atoms with Gasteiger partial charge in [0, 0.05) is 10.9 Å². The molecule has 0 spiro atoms. The van der Waals surface area contributed by atoms with Crippen LogP contribution in [0, 0.1) is 5.92 Å². The first kappa shape index (κ1) is 16.4. The second kappa shape index (κ2) is 7.19. The molecule has 1 aromatic carbocycles. The van der Waals surface area contributed by atoms with Crippen molar-refractivity contribution in [3.05, 3.63) is 29.8 Å². The molecule has 2 atom stereocenters. The zero-order chi connectivity index (χ0) is 15.3. The average molecular weight is 297 g/mol. The van der Waals surface area contributed by atoms with E-state index >= 15 is 0 Å². The van der Waals surface area contributed by atoms with E-state index in [4.69, 9.17) is 5.11 Å². The number of carboxylic acid groups (broad SMARTS) is 1. The van der Waals surface area contributed by atoms with E-state index in [1.165, 1.54) is 18.2 Å². The Kier molecular flexibility index (Phi) is 5.88. The third-order valence-corrected chi connectivity index (χ3v) is 4.30. The molecule has 1 rings (SSSR count). The van der Waals surface area contributed by atoms with Gasteiger partial charge in [-0.1, -0.05) is 19.9 Å². The summed E-state index contributed by atoms with van der Waals surface area (Å²) in [6, 6.07) is 5.83. The van der Waals surface area contributed by atoms with Gasteiger partial charge in [-0.15, -0.1) is 0 Å². The zero-order valence-corrected chi connectivity index (χ0v) is 12.6. The van der Waals surface area contributed by atoms with Gasteiger partial charge in [-0.05, 0) is 31.0 Å². The molecule has 0 saturated carbocycles. The molecule has 1 aromatic rings. The fraction of sp³-hybridized carbons (Fsp3) is 0.429. The number of aromatic carboxylic acids is 1. The average Bonchev–Trinajstić information content (AvgIpc) is 2.38. The van der Waals surface area contributed by atoms with E-state index in [2.05, 4.69) is 5.32 Å². The van der Waals surface area contributed by atoms with Crippen molar-refractivity contribution >= 4 is 22.7 Å². The standard InChI is InChI=1S/C14H19NO4S/c1-9(2)10(3)15-13(16)8-20(19)12-6-4-5-11(7-12)14(17)18/h4-7,9-10H,8H2,1-3H3,(H,15,16)(H,17,18). The number of hydrogen-bond donors (Lipinski definition) is 2. The molecule has 0 aromatic heterocycles. The summed E-state index contributed by atoms with van der Waals surface area (Å²) in [5.41, 5.74) is 0.0619.